The van der Waals surface area contributed by atoms with E-state index in [4.69, 9.17) is 27.7 Å². The molecule has 10 N–H and O–H groups in total. The van der Waals surface area contributed by atoms with Crippen LogP contribution in [0.15, 0.2) is 68.2 Å². The van der Waals surface area contributed by atoms with Gasteiger partial charge in [0.25, 0.3) is 0 Å². The van der Waals surface area contributed by atoms with E-state index in [2.05, 4.69) is 36.6 Å². The van der Waals surface area contributed by atoms with E-state index in [-0.39, 0.29) is 30.6 Å². The van der Waals surface area contributed by atoms with Crippen molar-refractivity contribution in [3.05, 3.63) is 64.4 Å². The monoisotopic (exact) mass is 606 g/mol. The van der Waals surface area contributed by atoms with Gasteiger partial charge < -0.3 is 43.2 Å². The zero-order valence-electron chi connectivity index (χ0n) is 26.8. The highest BCUT2D eigenvalue weighted by atomic mass is 16.5. The Labute approximate surface area is 261 Å². The number of esters is 1. The van der Waals surface area contributed by atoms with Crippen LogP contribution in [0.2, 0.25) is 0 Å². The summed E-state index contributed by atoms with van der Waals surface area (Å²) in [4.78, 5) is 28.3. The standard InChI is InChI=1S/C32H50N10O2/c1-20(2)10-14-39-32(36)42-16-12-24-26(7-6-13-38-31(35)40-18-21(3)4)41-27-9-8-23(17-25(27)28(24)42)29(43)44-19-22(5)11-15-37-30(33)34/h8-11,17-18,24,26,28,41H,6-7,12-16,19H2,1-5H3,(H2,36,39)(H4,33,34,37)(H3,35,38,40)/b22-11+/t24-,26-,28-/m0/s1. The molecule has 1 aromatic carbocycles. The van der Waals surface area contributed by atoms with E-state index in [1.807, 2.05) is 59.0 Å². The Bertz CT molecular complexity index is 1330. The Morgan fingerprint density at radius 1 is 1.05 bits per heavy atom. The average Bonchev–Trinajstić information content (AvgIpc) is 3.42. The third kappa shape index (κ3) is 10.1. The smallest absolute Gasteiger partial charge is 0.338 e. The number of fused-ring (bicyclic) bond motifs is 3. The van der Waals surface area contributed by atoms with E-state index < -0.39 is 5.97 Å². The number of nitrogens with zero attached hydrogens (tertiary/aromatic N) is 4. The zero-order chi connectivity index (χ0) is 32.2. The molecule has 3 atom stereocenters. The van der Waals surface area contributed by atoms with Crippen molar-refractivity contribution in [3.63, 3.8) is 0 Å². The number of hydrogen-bond donors (Lipinski definition) is 6. The highest BCUT2D eigenvalue weighted by Crippen LogP contribution is 2.47. The minimum absolute atomic E-state index is 0.0171. The van der Waals surface area contributed by atoms with Gasteiger partial charge in [-0.15, -0.1) is 0 Å². The number of ether oxygens (including phenoxy) is 1. The summed E-state index contributed by atoms with van der Waals surface area (Å²) in [5.41, 5.74) is 29.0. The molecule has 1 aromatic rings. The SMILES string of the molecule is CC(C)=CCN=C(N)N1CC[C@H]2[C@H](CCCN=C(N)NC=C(C)C)Nc3ccc(C(=O)OC/C(C)=C/CN=C(N)N)cc3[C@H]21. The minimum Gasteiger partial charge on any atom is -0.458 e. The van der Waals surface area contributed by atoms with Gasteiger partial charge in [0, 0.05) is 36.9 Å². The second-order valence-corrected chi connectivity index (χ2v) is 11.8. The Morgan fingerprint density at radius 2 is 1.80 bits per heavy atom. The molecule has 12 heteroatoms. The van der Waals surface area contributed by atoms with Crippen LogP contribution in [0, 0.1) is 5.92 Å². The van der Waals surface area contributed by atoms with Crippen molar-refractivity contribution < 1.29 is 9.53 Å². The quantitative estimate of drug-likeness (QED) is 0.0681. The van der Waals surface area contributed by atoms with Crippen molar-refractivity contribution in [2.24, 2.45) is 43.8 Å². The average molecular weight is 607 g/mol. The van der Waals surface area contributed by atoms with Gasteiger partial charge in [0.15, 0.2) is 17.9 Å². The first-order valence-corrected chi connectivity index (χ1v) is 15.1. The van der Waals surface area contributed by atoms with Crippen molar-refractivity contribution in [2.75, 3.05) is 38.1 Å². The second-order valence-electron chi connectivity index (χ2n) is 11.8. The summed E-state index contributed by atoms with van der Waals surface area (Å²) < 4.78 is 5.60. The van der Waals surface area contributed by atoms with Crippen LogP contribution in [0.25, 0.3) is 0 Å². The molecule has 2 aliphatic rings. The third-order valence-electron chi connectivity index (χ3n) is 7.56. The Balaban J connectivity index is 1.80. The Kier molecular flexibility index (Phi) is 12.7. The van der Waals surface area contributed by atoms with E-state index in [1.165, 1.54) is 5.57 Å². The lowest BCUT2D eigenvalue weighted by Gasteiger charge is -2.40. The molecule has 2 heterocycles. The molecule has 240 valence electrons. The predicted octanol–water partition coefficient (Wildman–Crippen LogP) is 3.11. The van der Waals surface area contributed by atoms with E-state index >= 15 is 0 Å². The van der Waals surface area contributed by atoms with Gasteiger partial charge in [-0.2, -0.15) is 0 Å². The topological polar surface area (TPSA) is 195 Å². The fourth-order valence-corrected chi connectivity index (χ4v) is 5.37. The van der Waals surface area contributed by atoms with Crippen molar-refractivity contribution in [1.29, 1.82) is 0 Å². The van der Waals surface area contributed by atoms with E-state index in [0.29, 0.717) is 37.1 Å². The van der Waals surface area contributed by atoms with Crippen LogP contribution in [-0.4, -0.2) is 67.6 Å². The van der Waals surface area contributed by atoms with Crippen LogP contribution in [0.1, 0.15) is 75.8 Å². The van der Waals surface area contributed by atoms with Crippen LogP contribution in [0.4, 0.5) is 5.69 Å². The molecule has 1 fully saturated rings. The lowest BCUT2D eigenvalue weighted by atomic mass is 9.80. The summed E-state index contributed by atoms with van der Waals surface area (Å²) in [6.45, 7) is 12.4. The predicted molar refractivity (Wildman–Crippen MR) is 180 cm³/mol. The highest BCUT2D eigenvalue weighted by Gasteiger charge is 2.44. The Hall–Kier alpha value is -4.48. The molecule has 2 aliphatic heterocycles. The highest BCUT2D eigenvalue weighted by molar-refractivity contribution is 5.91. The zero-order valence-corrected chi connectivity index (χ0v) is 26.8. The van der Waals surface area contributed by atoms with Gasteiger partial charge in [-0.3, -0.25) is 4.99 Å². The normalized spacial score (nSPS) is 19.7. The lowest BCUT2D eigenvalue weighted by molar-refractivity contribution is 0.0539. The van der Waals surface area contributed by atoms with Gasteiger partial charge in [0.1, 0.15) is 6.61 Å². The minimum atomic E-state index is -0.395. The van der Waals surface area contributed by atoms with E-state index in [1.54, 1.807) is 6.07 Å². The van der Waals surface area contributed by atoms with Gasteiger partial charge in [-0.1, -0.05) is 23.3 Å². The fraction of sp³-hybridized carbons (Fsp3) is 0.500. The number of anilines is 1. The number of aliphatic imine (C=N–C) groups is 3. The molecule has 0 aliphatic carbocycles. The molecule has 0 bridgehead atoms. The van der Waals surface area contributed by atoms with Crippen LogP contribution in [0.5, 0.6) is 0 Å². The van der Waals surface area contributed by atoms with Gasteiger partial charge in [-0.25, -0.2) is 14.8 Å². The summed E-state index contributed by atoms with van der Waals surface area (Å²) in [5, 5.41) is 6.76. The Morgan fingerprint density at radius 3 is 2.50 bits per heavy atom. The van der Waals surface area contributed by atoms with Gasteiger partial charge >= 0.3 is 5.97 Å². The van der Waals surface area contributed by atoms with Gasteiger partial charge in [0.05, 0.1) is 24.7 Å². The maximum atomic E-state index is 13.1. The number of carbonyl (C=O) groups excluding carboxylic acids is 1. The second kappa shape index (κ2) is 16.4. The molecule has 0 saturated carbocycles. The largest absolute Gasteiger partial charge is 0.458 e. The number of likely N-dealkylation sites (tertiary alicyclic amines) is 1. The van der Waals surface area contributed by atoms with E-state index in [0.717, 1.165) is 48.2 Å². The number of guanidine groups is 3. The van der Waals surface area contributed by atoms with Crippen molar-refractivity contribution in [1.82, 2.24) is 10.2 Å². The molecule has 0 amide bonds. The number of benzene rings is 1. The molecule has 0 unspecified atom stereocenters. The molecule has 3 rings (SSSR count). The number of carbonyl (C=O) groups is 1. The number of allylic oxidation sites excluding steroid dienone is 2. The van der Waals surface area contributed by atoms with Crippen LogP contribution in [-0.2, 0) is 4.74 Å². The maximum absolute atomic E-state index is 13.1. The molecule has 1 saturated heterocycles. The lowest BCUT2D eigenvalue weighted by Crippen LogP contribution is -2.43. The van der Waals surface area contributed by atoms with Gasteiger partial charge in [0.2, 0.25) is 0 Å². The summed E-state index contributed by atoms with van der Waals surface area (Å²) in [6.07, 6.45) is 8.46. The third-order valence-corrected chi connectivity index (χ3v) is 7.56. The molecule has 44 heavy (non-hydrogen) atoms. The number of hydrogen-bond acceptors (Lipinski definition) is 6. The molecule has 0 aromatic heterocycles. The van der Waals surface area contributed by atoms with Crippen LogP contribution >= 0.6 is 0 Å². The van der Waals surface area contributed by atoms with Crippen LogP contribution < -0.4 is 33.6 Å². The summed E-state index contributed by atoms with van der Waals surface area (Å²) >= 11 is 0. The van der Waals surface area contributed by atoms with E-state index in [9.17, 15) is 4.79 Å². The first kappa shape index (κ1) is 34.0. The molecule has 0 spiro atoms. The molecule has 0 radical (unpaired) electrons. The fourth-order valence-electron chi connectivity index (χ4n) is 5.37. The maximum Gasteiger partial charge on any atom is 0.338 e. The molecule has 12 nitrogen and oxygen atoms in total. The van der Waals surface area contributed by atoms with Gasteiger partial charge in [-0.05, 0) is 83.2 Å². The number of nitrogens with one attached hydrogen (secondary N) is 2. The van der Waals surface area contributed by atoms with Crippen molar-refractivity contribution in [3.8, 4) is 0 Å². The van der Waals surface area contributed by atoms with Crippen molar-refractivity contribution in [2.45, 2.75) is 66.0 Å². The summed E-state index contributed by atoms with van der Waals surface area (Å²) in [7, 11) is 0. The van der Waals surface area contributed by atoms with Crippen LogP contribution in [0.3, 0.4) is 0 Å². The number of rotatable bonds is 12. The first-order chi connectivity index (χ1) is 21.0. The first-order valence-electron chi connectivity index (χ1n) is 15.1. The molecular formula is C32H50N10O2. The number of nitrogens with two attached hydrogens (primary N) is 4. The summed E-state index contributed by atoms with van der Waals surface area (Å²) in [6, 6.07) is 5.88. The molecular weight excluding hydrogens is 556 g/mol. The summed E-state index contributed by atoms with van der Waals surface area (Å²) in [5.74, 6) is 0.823. The van der Waals surface area contributed by atoms with Crippen molar-refractivity contribution >= 4 is 29.5 Å².